The quantitative estimate of drug-likeness (QED) is 0.367. The maximum Gasteiger partial charge on any atom is 0.172 e. The SMILES string of the molecule is NNC(=NC1CCCC1)c1cccc2c1OCCO2. The molecule has 102 valence electrons. The van der Waals surface area contributed by atoms with E-state index in [0.29, 0.717) is 25.1 Å². The number of hydrogen-bond donors (Lipinski definition) is 2. The number of ether oxygens (including phenoxy) is 2. The van der Waals surface area contributed by atoms with E-state index in [2.05, 4.69) is 5.43 Å². The van der Waals surface area contributed by atoms with Crippen LogP contribution >= 0.6 is 0 Å². The van der Waals surface area contributed by atoms with Crippen molar-refractivity contribution in [2.24, 2.45) is 10.8 Å². The van der Waals surface area contributed by atoms with E-state index in [9.17, 15) is 0 Å². The van der Waals surface area contributed by atoms with Crippen molar-refractivity contribution >= 4 is 5.84 Å². The second-order valence-corrected chi connectivity index (χ2v) is 4.89. The lowest BCUT2D eigenvalue weighted by atomic mass is 10.1. The molecule has 0 saturated heterocycles. The molecule has 0 atom stereocenters. The molecule has 1 aromatic carbocycles. The van der Waals surface area contributed by atoms with Gasteiger partial charge in [-0.2, -0.15) is 0 Å². The van der Waals surface area contributed by atoms with Crippen molar-refractivity contribution in [3.05, 3.63) is 23.8 Å². The van der Waals surface area contributed by atoms with Gasteiger partial charge >= 0.3 is 0 Å². The number of nitrogens with one attached hydrogen (secondary N) is 1. The summed E-state index contributed by atoms with van der Waals surface area (Å²) < 4.78 is 11.3. The summed E-state index contributed by atoms with van der Waals surface area (Å²) in [5.41, 5.74) is 3.59. The second-order valence-electron chi connectivity index (χ2n) is 4.89. The second kappa shape index (κ2) is 5.48. The van der Waals surface area contributed by atoms with Crippen molar-refractivity contribution < 1.29 is 9.47 Å². The molecule has 0 radical (unpaired) electrons. The van der Waals surface area contributed by atoms with Crippen LogP contribution in [0.4, 0.5) is 0 Å². The predicted octanol–water partition coefficient (Wildman–Crippen LogP) is 1.61. The highest BCUT2D eigenvalue weighted by atomic mass is 16.6. The van der Waals surface area contributed by atoms with Gasteiger partial charge in [-0.15, -0.1) is 0 Å². The molecule has 1 aliphatic carbocycles. The fourth-order valence-electron chi connectivity index (χ4n) is 2.66. The molecule has 1 heterocycles. The van der Waals surface area contributed by atoms with Crippen LogP contribution in [-0.2, 0) is 0 Å². The average Bonchev–Trinajstić information content (AvgIpc) is 2.97. The first-order chi connectivity index (χ1) is 9.38. The van der Waals surface area contributed by atoms with Crippen LogP contribution < -0.4 is 20.7 Å². The number of benzene rings is 1. The Morgan fingerprint density at radius 3 is 2.79 bits per heavy atom. The van der Waals surface area contributed by atoms with E-state index in [1.807, 2.05) is 18.2 Å². The average molecular weight is 261 g/mol. The summed E-state index contributed by atoms with van der Waals surface area (Å²) in [4.78, 5) is 4.72. The summed E-state index contributed by atoms with van der Waals surface area (Å²) in [6.45, 7) is 1.15. The van der Waals surface area contributed by atoms with Gasteiger partial charge < -0.3 is 14.9 Å². The maximum atomic E-state index is 5.70. The third kappa shape index (κ3) is 2.51. The molecule has 3 rings (SSSR count). The summed E-state index contributed by atoms with van der Waals surface area (Å²) in [7, 11) is 0. The third-order valence-corrected chi connectivity index (χ3v) is 3.59. The highest BCUT2D eigenvalue weighted by Gasteiger charge is 2.21. The van der Waals surface area contributed by atoms with Crippen LogP contribution in [0.3, 0.4) is 0 Å². The molecule has 3 N–H and O–H groups in total. The summed E-state index contributed by atoms with van der Waals surface area (Å²) in [5.74, 6) is 7.83. The van der Waals surface area contributed by atoms with Gasteiger partial charge in [-0.3, -0.25) is 4.99 Å². The van der Waals surface area contributed by atoms with E-state index in [-0.39, 0.29) is 0 Å². The summed E-state index contributed by atoms with van der Waals surface area (Å²) in [5, 5.41) is 0. The predicted molar refractivity (Wildman–Crippen MR) is 73.5 cm³/mol. The Kier molecular flexibility index (Phi) is 3.55. The van der Waals surface area contributed by atoms with E-state index in [1.54, 1.807) is 0 Å². The van der Waals surface area contributed by atoms with Gasteiger partial charge in [-0.05, 0) is 25.0 Å². The molecule has 0 amide bonds. The van der Waals surface area contributed by atoms with Gasteiger partial charge in [0.05, 0.1) is 11.6 Å². The number of nitrogens with zero attached hydrogens (tertiary/aromatic N) is 1. The van der Waals surface area contributed by atoms with Crippen molar-refractivity contribution in [3.63, 3.8) is 0 Å². The summed E-state index contributed by atoms with van der Waals surface area (Å²) in [6, 6.07) is 6.17. The van der Waals surface area contributed by atoms with Crippen molar-refractivity contribution in [3.8, 4) is 11.5 Å². The minimum absolute atomic E-state index is 0.367. The van der Waals surface area contributed by atoms with Gasteiger partial charge in [0.25, 0.3) is 0 Å². The number of rotatable bonds is 2. The molecular weight excluding hydrogens is 242 g/mol. The van der Waals surface area contributed by atoms with E-state index >= 15 is 0 Å². The molecule has 5 heteroatoms. The highest BCUT2D eigenvalue weighted by molar-refractivity contribution is 6.01. The molecule has 2 aliphatic rings. The van der Waals surface area contributed by atoms with Crippen LogP contribution in [0.5, 0.6) is 11.5 Å². The fourth-order valence-corrected chi connectivity index (χ4v) is 2.66. The summed E-state index contributed by atoms with van der Waals surface area (Å²) >= 11 is 0. The van der Waals surface area contributed by atoms with Crippen LogP contribution in [0.1, 0.15) is 31.2 Å². The van der Waals surface area contributed by atoms with Crippen molar-refractivity contribution in [1.29, 1.82) is 0 Å². The number of hydrazine groups is 1. The number of para-hydroxylation sites is 1. The highest BCUT2D eigenvalue weighted by Crippen LogP contribution is 2.34. The Bertz CT molecular complexity index is 482. The first kappa shape index (κ1) is 12.3. The van der Waals surface area contributed by atoms with E-state index < -0.39 is 0 Å². The van der Waals surface area contributed by atoms with Crippen LogP contribution in [0.2, 0.25) is 0 Å². The van der Waals surface area contributed by atoms with Gasteiger partial charge in [0.1, 0.15) is 19.0 Å². The number of aliphatic imine (C=N–C) groups is 1. The molecule has 1 aliphatic heterocycles. The van der Waals surface area contributed by atoms with Gasteiger partial charge in [-0.1, -0.05) is 18.9 Å². The lowest BCUT2D eigenvalue weighted by molar-refractivity contribution is 0.171. The van der Waals surface area contributed by atoms with E-state index in [4.69, 9.17) is 20.3 Å². The number of amidine groups is 1. The topological polar surface area (TPSA) is 68.9 Å². The zero-order valence-corrected chi connectivity index (χ0v) is 10.9. The maximum absolute atomic E-state index is 5.70. The molecule has 1 saturated carbocycles. The minimum Gasteiger partial charge on any atom is -0.486 e. The van der Waals surface area contributed by atoms with Crippen LogP contribution in [0, 0.1) is 0 Å². The van der Waals surface area contributed by atoms with Crippen LogP contribution in [0.25, 0.3) is 0 Å². The van der Waals surface area contributed by atoms with Crippen molar-refractivity contribution in [1.82, 2.24) is 5.43 Å². The van der Waals surface area contributed by atoms with E-state index in [1.165, 1.54) is 12.8 Å². The molecule has 0 spiro atoms. The Hall–Kier alpha value is -1.75. The Morgan fingerprint density at radius 1 is 1.21 bits per heavy atom. The summed E-state index contributed by atoms with van der Waals surface area (Å²) in [6.07, 6.45) is 4.77. The number of fused-ring (bicyclic) bond motifs is 1. The zero-order valence-electron chi connectivity index (χ0n) is 10.9. The molecular formula is C14H19N3O2. The molecule has 0 bridgehead atoms. The van der Waals surface area contributed by atoms with Crippen LogP contribution in [0.15, 0.2) is 23.2 Å². The number of nitrogens with two attached hydrogens (primary N) is 1. The Balaban J connectivity index is 1.94. The normalized spacial score (nSPS) is 19.5. The Labute approximate surface area is 112 Å². The Morgan fingerprint density at radius 2 is 2.00 bits per heavy atom. The molecule has 1 aromatic rings. The van der Waals surface area contributed by atoms with Gasteiger partial charge in [0.2, 0.25) is 0 Å². The van der Waals surface area contributed by atoms with Gasteiger partial charge in [0, 0.05) is 0 Å². The van der Waals surface area contributed by atoms with Crippen LogP contribution in [-0.4, -0.2) is 25.1 Å². The van der Waals surface area contributed by atoms with Crippen molar-refractivity contribution in [2.75, 3.05) is 13.2 Å². The molecule has 0 aromatic heterocycles. The zero-order chi connectivity index (χ0) is 13.1. The standard InChI is InChI=1S/C14H19N3O2/c15-17-14(16-10-4-1-2-5-10)11-6-3-7-12-13(11)19-9-8-18-12/h3,6-7,10H,1-2,4-5,8-9,15H2,(H,16,17). The van der Waals surface area contributed by atoms with Gasteiger partial charge in [0.15, 0.2) is 11.5 Å². The monoisotopic (exact) mass is 261 g/mol. The smallest absolute Gasteiger partial charge is 0.172 e. The van der Waals surface area contributed by atoms with Crippen molar-refractivity contribution in [2.45, 2.75) is 31.7 Å². The largest absolute Gasteiger partial charge is 0.486 e. The molecule has 5 nitrogen and oxygen atoms in total. The molecule has 0 unspecified atom stereocenters. The number of hydrogen-bond acceptors (Lipinski definition) is 4. The van der Waals surface area contributed by atoms with E-state index in [0.717, 1.165) is 29.9 Å². The molecule has 19 heavy (non-hydrogen) atoms. The lowest BCUT2D eigenvalue weighted by Gasteiger charge is -2.21. The third-order valence-electron chi connectivity index (χ3n) is 3.59. The van der Waals surface area contributed by atoms with Gasteiger partial charge in [-0.25, -0.2) is 5.84 Å². The lowest BCUT2D eigenvalue weighted by Crippen LogP contribution is -2.33. The first-order valence-corrected chi connectivity index (χ1v) is 6.82. The fraction of sp³-hybridized carbons (Fsp3) is 0.500. The minimum atomic E-state index is 0.367. The first-order valence-electron chi connectivity index (χ1n) is 6.82. The molecule has 1 fully saturated rings.